The second-order valence-corrected chi connectivity index (χ2v) is 6.29. The molecule has 106 valence electrons. The molecule has 0 aliphatic heterocycles. The minimum Gasteiger partial charge on any atom is -0.391 e. The van der Waals surface area contributed by atoms with Crippen LogP contribution in [0.3, 0.4) is 0 Å². The fourth-order valence-electron chi connectivity index (χ4n) is 1.71. The van der Waals surface area contributed by atoms with Crippen LogP contribution in [0.5, 0.6) is 0 Å². The van der Waals surface area contributed by atoms with Crippen LogP contribution in [-0.4, -0.2) is 27.5 Å². The lowest BCUT2D eigenvalue weighted by Gasteiger charge is -2.16. The highest BCUT2D eigenvalue weighted by Gasteiger charge is 2.23. The molecule has 1 aromatic rings. The molecule has 2 rings (SSSR count). The number of anilines is 1. The highest BCUT2D eigenvalue weighted by atomic mass is 79.9. The Morgan fingerprint density at radius 2 is 2.26 bits per heavy atom. The summed E-state index contributed by atoms with van der Waals surface area (Å²) >= 11 is 3.31. The third-order valence-corrected chi connectivity index (χ3v) is 4.15. The van der Waals surface area contributed by atoms with Crippen LogP contribution >= 0.6 is 15.9 Å². The van der Waals surface area contributed by atoms with Crippen LogP contribution in [0.2, 0.25) is 0 Å². The zero-order valence-corrected chi connectivity index (χ0v) is 12.9. The fraction of sp³-hybridized carbons (Fsp3) is 0.692. The van der Waals surface area contributed by atoms with Crippen LogP contribution in [0.4, 0.5) is 5.69 Å². The molecule has 0 aromatic carbocycles. The number of nitrogens with zero attached hydrogens (tertiary/aromatic N) is 2. The number of aromatic nitrogens is 2. The van der Waals surface area contributed by atoms with Gasteiger partial charge in [-0.1, -0.05) is 13.8 Å². The molecule has 0 radical (unpaired) electrons. The maximum Gasteiger partial charge on any atom is 0.283 e. The van der Waals surface area contributed by atoms with Crippen molar-refractivity contribution in [2.45, 2.75) is 39.3 Å². The molecule has 0 spiro atoms. The van der Waals surface area contributed by atoms with Gasteiger partial charge in [0.25, 0.3) is 5.56 Å². The molecule has 0 saturated heterocycles. The molecular weight excluding hydrogens is 310 g/mol. The van der Waals surface area contributed by atoms with Crippen LogP contribution in [-0.2, 0) is 6.54 Å². The number of hydrogen-bond donors (Lipinski definition) is 2. The zero-order chi connectivity index (χ0) is 14.0. The molecule has 1 heterocycles. The van der Waals surface area contributed by atoms with E-state index >= 15 is 0 Å². The lowest BCUT2D eigenvalue weighted by Crippen LogP contribution is -2.28. The number of hydrogen-bond acceptors (Lipinski definition) is 4. The summed E-state index contributed by atoms with van der Waals surface area (Å²) in [7, 11) is 0. The van der Waals surface area contributed by atoms with Crippen molar-refractivity contribution in [3.05, 3.63) is 21.0 Å². The van der Waals surface area contributed by atoms with Crippen LogP contribution in [0, 0.1) is 11.8 Å². The Morgan fingerprint density at radius 3 is 2.84 bits per heavy atom. The lowest BCUT2D eigenvalue weighted by atomic mass is 10.1. The summed E-state index contributed by atoms with van der Waals surface area (Å²) in [5.41, 5.74) is 0.521. The standard InChI is InChI=1S/C13H20BrN3O2/c1-8(2)11(18)6-15-10-5-16-17(7-9-3-4-9)13(19)12(10)14/h5,8-9,11,15,18H,3-4,6-7H2,1-2H3. The van der Waals surface area contributed by atoms with Gasteiger partial charge in [-0.2, -0.15) is 5.10 Å². The van der Waals surface area contributed by atoms with Gasteiger partial charge >= 0.3 is 0 Å². The Bertz CT molecular complexity index is 497. The van der Waals surface area contributed by atoms with Gasteiger partial charge in [0, 0.05) is 13.1 Å². The van der Waals surface area contributed by atoms with Crippen molar-refractivity contribution >= 4 is 21.6 Å². The summed E-state index contributed by atoms with van der Waals surface area (Å²) in [5, 5.41) is 17.0. The van der Waals surface area contributed by atoms with Gasteiger partial charge in [-0.3, -0.25) is 4.79 Å². The van der Waals surface area contributed by atoms with E-state index in [1.54, 1.807) is 6.20 Å². The van der Waals surface area contributed by atoms with Gasteiger partial charge in [0.2, 0.25) is 0 Å². The number of halogens is 1. The number of nitrogens with one attached hydrogen (secondary N) is 1. The summed E-state index contributed by atoms with van der Waals surface area (Å²) in [6.45, 7) is 5.01. The van der Waals surface area contributed by atoms with Crippen molar-refractivity contribution in [1.82, 2.24) is 9.78 Å². The predicted octanol–water partition coefficient (Wildman–Crippen LogP) is 1.84. The lowest BCUT2D eigenvalue weighted by molar-refractivity contribution is 0.138. The van der Waals surface area contributed by atoms with Crippen molar-refractivity contribution in [3.8, 4) is 0 Å². The molecule has 1 aromatic heterocycles. The van der Waals surface area contributed by atoms with E-state index < -0.39 is 6.10 Å². The van der Waals surface area contributed by atoms with E-state index in [0.29, 0.717) is 29.2 Å². The first kappa shape index (κ1) is 14.5. The zero-order valence-electron chi connectivity index (χ0n) is 11.3. The molecule has 0 amide bonds. The summed E-state index contributed by atoms with van der Waals surface area (Å²) in [4.78, 5) is 12.1. The van der Waals surface area contributed by atoms with Gasteiger partial charge in [0.1, 0.15) is 4.47 Å². The van der Waals surface area contributed by atoms with Gasteiger partial charge in [-0.15, -0.1) is 0 Å². The molecule has 1 aliphatic rings. The van der Waals surface area contributed by atoms with Crippen LogP contribution in [0.1, 0.15) is 26.7 Å². The maximum atomic E-state index is 12.1. The Balaban J connectivity index is 2.05. The van der Waals surface area contributed by atoms with Gasteiger partial charge in [0.15, 0.2) is 0 Å². The van der Waals surface area contributed by atoms with Crippen LogP contribution < -0.4 is 10.9 Å². The molecule has 19 heavy (non-hydrogen) atoms. The number of rotatable bonds is 6. The van der Waals surface area contributed by atoms with Crippen LogP contribution in [0.15, 0.2) is 15.5 Å². The highest BCUT2D eigenvalue weighted by Crippen LogP contribution is 2.30. The number of aliphatic hydroxyl groups is 1. The summed E-state index contributed by atoms with van der Waals surface area (Å²) in [5.74, 6) is 0.785. The first-order chi connectivity index (χ1) is 8.99. The predicted molar refractivity (Wildman–Crippen MR) is 78.3 cm³/mol. The first-order valence-electron chi connectivity index (χ1n) is 6.66. The van der Waals surface area contributed by atoms with Crippen molar-refractivity contribution in [1.29, 1.82) is 0 Å². The normalized spacial score (nSPS) is 16.7. The van der Waals surface area contributed by atoms with E-state index in [2.05, 4.69) is 26.3 Å². The van der Waals surface area contributed by atoms with E-state index in [0.717, 1.165) is 0 Å². The van der Waals surface area contributed by atoms with Crippen LogP contribution in [0.25, 0.3) is 0 Å². The van der Waals surface area contributed by atoms with E-state index in [1.807, 2.05) is 13.8 Å². The van der Waals surface area contributed by atoms with E-state index in [-0.39, 0.29) is 11.5 Å². The average Bonchev–Trinajstić information content (AvgIpc) is 3.17. The van der Waals surface area contributed by atoms with Gasteiger partial charge < -0.3 is 10.4 Å². The summed E-state index contributed by atoms with van der Waals surface area (Å²) < 4.78 is 1.99. The Hall–Kier alpha value is -0.880. The Morgan fingerprint density at radius 1 is 1.58 bits per heavy atom. The number of aliphatic hydroxyl groups excluding tert-OH is 1. The molecular formula is C13H20BrN3O2. The second-order valence-electron chi connectivity index (χ2n) is 5.50. The molecule has 0 bridgehead atoms. The molecule has 5 nitrogen and oxygen atoms in total. The average molecular weight is 330 g/mol. The monoisotopic (exact) mass is 329 g/mol. The van der Waals surface area contributed by atoms with Crippen molar-refractivity contribution in [3.63, 3.8) is 0 Å². The van der Waals surface area contributed by atoms with Gasteiger partial charge in [-0.25, -0.2) is 4.68 Å². The summed E-state index contributed by atoms with van der Waals surface area (Å²) in [6, 6.07) is 0. The van der Waals surface area contributed by atoms with Gasteiger partial charge in [-0.05, 0) is 40.6 Å². The topological polar surface area (TPSA) is 67.2 Å². The third kappa shape index (κ3) is 3.79. The quantitative estimate of drug-likeness (QED) is 0.835. The largest absolute Gasteiger partial charge is 0.391 e. The van der Waals surface area contributed by atoms with E-state index in [1.165, 1.54) is 17.5 Å². The second kappa shape index (κ2) is 6.05. The van der Waals surface area contributed by atoms with E-state index in [9.17, 15) is 9.90 Å². The summed E-state index contributed by atoms with van der Waals surface area (Å²) in [6.07, 6.45) is 3.57. The SMILES string of the molecule is CC(C)C(O)CNc1cnn(CC2CC2)c(=O)c1Br. The Kier molecular flexibility index (Phi) is 4.62. The maximum absolute atomic E-state index is 12.1. The molecule has 1 saturated carbocycles. The van der Waals surface area contributed by atoms with Crippen molar-refractivity contribution in [2.24, 2.45) is 11.8 Å². The highest BCUT2D eigenvalue weighted by molar-refractivity contribution is 9.10. The fourth-order valence-corrected chi connectivity index (χ4v) is 2.16. The van der Waals surface area contributed by atoms with Crippen molar-refractivity contribution < 1.29 is 5.11 Å². The third-order valence-electron chi connectivity index (χ3n) is 3.38. The minimum atomic E-state index is -0.444. The molecule has 1 aliphatic carbocycles. The first-order valence-corrected chi connectivity index (χ1v) is 7.46. The minimum absolute atomic E-state index is 0.115. The van der Waals surface area contributed by atoms with Crippen molar-refractivity contribution in [2.75, 3.05) is 11.9 Å². The molecule has 1 unspecified atom stereocenters. The smallest absolute Gasteiger partial charge is 0.283 e. The molecule has 1 fully saturated rings. The van der Waals surface area contributed by atoms with Gasteiger partial charge in [0.05, 0.1) is 18.0 Å². The Labute approximate surface area is 121 Å². The molecule has 6 heteroatoms. The molecule has 1 atom stereocenters. The molecule has 2 N–H and O–H groups in total. The van der Waals surface area contributed by atoms with E-state index in [4.69, 9.17) is 0 Å².